The molecule has 0 saturated heterocycles. The Balaban J connectivity index is 1.65. The molecule has 2 aromatic rings. The topological polar surface area (TPSA) is 41.1 Å². The molecule has 1 aliphatic heterocycles. The van der Waals surface area contributed by atoms with Crippen LogP contribution in [0.4, 0.5) is 5.69 Å². The van der Waals surface area contributed by atoms with E-state index >= 15 is 0 Å². The van der Waals surface area contributed by atoms with Crippen molar-refractivity contribution >= 4 is 27.5 Å². The summed E-state index contributed by atoms with van der Waals surface area (Å²) < 4.78 is 1.02. The van der Waals surface area contributed by atoms with E-state index in [9.17, 15) is 4.79 Å². The molecule has 1 amide bonds. The van der Waals surface area contributed by atoms with Crippen molar-refractivity contribution in [2.75, 3.05) is 5.32 Å². The number of hydrogen-bond donors (Lipinski definition) is 2. The number of halogens is 1. The van der Waals surface area contributed by atoms with Crippen LogP contribution in [0.2, 0.25) is 0 Å². The maximum absolute atomic E-state index is 12.4. The van der Waals surface area contributed by atoms with Crippen LogP contribution in [0, 0.1) is 0 Å². The Bertz CT molecular complexity index is 646. The number of rotatable bonds is 3. The lowest BCUT2D eigenvalue weighted by Crippen LogP contribution is -2.39. The Morgan fingerprint density at radius 2 is 2.10 bits per heavy atom. The Labute approximate surface area is 132 Å². The molecule has 21 heavy (non-hydrogen) atoms. The highest BCUT2D eigenvalue weighted by molar-refractivity contribution is 9.10. The molecule has 3 rings (SSSR count). The fourth-order valence-electron chi connectivity index (χ4n) is 2.63. The van der Waals surface area contributed by atoms with Gasteiger partial charge in [0.05, 0.1) is 6.04 Å². The predicted octanol–water partition coefficient (Wildman–Crippen LogP) is 3.66. The third-order valence-electron chi connectivity index (χ3n) is 3.80. The zero-order valence-corrected chi connectivity index (χ0v) is 13.4. The molecule has 3 nitrogen and oxygen atoms in total. The van der Waals surface area contributed by atoms with Crippen molar-refractivity contribution < 1.29 is 4.79 Å². The van der Waals surface area contributed by atoms with Crippen molar-refractivity contribution in [2.45, 2.75) is 25.4 Å². The molecule has 0 bridgehead atoms. The van der Waals surface area contributed by atoms with E-state index in [1.165, 1.54) is 5.56 Å². The maximum Gasteiger partial charge on any atom is 0.243 e. The van der Waals surface area contributed by atoms with E-state index in [0.29, 0.717) is 0 Å². The minimum atomic E-state index is -0.183. The third-order valence-corrected chi connectivity index (χ3v) is 4.29. The number of fused-ring (bicyclic) bond motifs is 1. The molecule has 2 atom stereocenters. The number of amides is 1. The van der Waals surface area contributed by atoms with Gasteiger partial charge in [0.1, 0.15) is 6.04 Å². The molecule has 4 heteroatoms. The van der Waals surface area contributed by atoms with Gasteiger partial charge in [-0.15, -0.1) is 0 Å². The summed E-state index contributed by atoms with van der Waals surface area (Å²) in [5.41, 5.74) is 3.36. The minimum Gasteiger partial charge on any atom is -0.373 e. The predicted molar refractivity (Wildman–Crippen MR) is 88.3 cm³/mol. The number of anilines is 1. The van der Waals surface area contributed by atoms with Crippen LogP contribution in [-0.4, -0.2) is 11.9 Å². The van der Waals surface area contributed by atoms with Crippen LogP contribution in [0.5, 0.6) is 0 Å². The molecule has 0 aromatic heterocycles. The summed E-state index contributed by atoms with van der Waals surface area (Å²) in [5, 5.41) is 6.36. The minimum absolute atomic E-state index is 0.0134. The van der Waals surface area contributed by atoms with Crippen LogP contribution >= 0.6 is 15.9 Å². The first-order valence-electron chi connectivity index (χ1n) is 7.04. The van der Waals surface area contributed by atoms with E-state index < -0.39 is 0 Å². The van der Waals surface area contributed by atoms with Crippen molar-refractivity contribution in [3.05, 3.63) is 64.1 Å². The molecule has 0 saturated carbocycles. The van der Waals surface area contributed by atoms with E-state index in [1.807, 2.05) is 49.4 Å². The van der Waals surface area contributed by atoms with Crippen LogP contribution in [0.15, 0.2) is 53.0 Å². The summed E-state index contributed by atoms with van der Waals surface area (Å²) in [5.74, 6) is 0.0404. The lowest BCUT2D eigenvalue weighted by molar-refractivity contribution is -0.122. The van der Waals surface area contributed by atoms with Crippen LogP contribution in [0.25, 0.3) is 0 Å². The molecule has 108 valence electrons. The van der Waals surface area contributed by atoms with Crippen LogP contribution in [0.1, 0.15) is 24.1 Å². The third kappa shape index (κ3) is 3.10. The lowest BCUT2D eigenvalue weighted by atomic mass is 10.1. The van der Waals surface area contributed by atoms with Crippen molar-refractivity contribution in [3.63, 3.8) is 0 Å². The summed E-state index contributed by atoms with van der Waals surface area (Å²) in [7, 11) is 0. The standard InChI is InChI=1S/C17H17BrN2O/c1-11(12-6-4-7-14(18)9-12)19-17(21)16-10-13-5-2-3-8-15(13)20-16/h2-9,11,16,20H,10H2,1H3,(H,19,21)/t11-,16+/m1/s1. The summed E-state index contributed by atoms with van der Waals surface area (Å²) in [4.78, 5) is 12.4. The average molecular weight is 345 g/mol. The highest BCUT2D eigenvalue weighted by Gasteiger charge is 2.27. The number of benzene rings is 2. The monoisotopic (exact) mass is 344 g/mol. The molecule has 2 aromatic carbocycles. The fraction of sp³-hybridized carbons (Fsp3) is 0.235. The number of para-hydroxylation sites is 1. The SMILES string of the molecule is C[C@@H](NC(=O)[C@@H]1Cc2ccccc2N1)c1cccc(Br)c1. The van der Waals surface area contributed by atoms with E-state index in [4.69, 9.17) is 0 Å². The maximum atomic E-state index is 12.4. The molecular weight excluding hydrogens is 328 g/mol. The van der Waals surface area contributed by atoms with Crippen molar-refractivity contribution in [1.29, 1.82) is 0 Å². The molecule has 0 fully saturated rings. The molecule has 0 radical (unpaired) electrons. The van der Waals surface area contributed by atoms with Gasteiger partial charge in [0.25, 0.3) is 0 Å². The second-order valence-corrected chi connectivity index (χ2v) is 6.26. The summed E-state index contributed by atoms with van der Waals surface area (Å²) in [6.07, 6.45) is 0.743. The number of nitrogens with one attached hydrogen (secondary N) is 2. The summed E-state index contributed by atoms with van der Waals surface area (Å²) >= 11 is 3.46. The van der Waals surface area contributed by atoms with E-state index in [-0.39, 0.29) is 18.0 Å². The van der Waals surface area contributed by atoms with Gasteiger partial charge >= 0.3 is 0 Å². The van der Waals surface area contributed by atoms with Gasteiger partial charge < -0.3 is 10.6 Å². The first-order valence-corrected chi connectivity index (χ1v) is 7.83. The van der Waals surface area contributed by atoms with Crippen molar-refractivity contribution in [2.24, 2.45) is 0 Å². The van der Waals surface area contributed by atoms with E-state index in [2.05, 4.69) is 32.6 Å². The van der Waals surface area contributed by atoms with Gasteiger partial charge in [0.2, 0.25) is 5.91 Å². The number of carbonyl (C=O) groups is 1. The largest absolute Gasteiger partial charge is 0.373 e. The molecule has 2 N–H and O–H groups in total. The zero-order valence-electron chi connectivity index (χ0n) is 11.8. The van der Waals surface area contributed by atoms with Gasteiger partial charge in [-0.05, 0) is 36.2 Å². The smallest absolute Gasteiger partial charge is 0.243 e. The molecule has 1 aliphatic rings. The summed E-state index contributed by atoms with van der Waals surface area (Å²) in [6, 6.07) is 15.9. The molecule has 1 heterocycles. The average Bonchev–Trinajstić information content (AvgIpc) is 2.91. The van der Waals surface area contributed by atoms with E-state index in [0.717, 1.165) is 22.1 Å². The van der Waals surface area contributed by atoms with Gasteiger partial charge in [-0.25, -0.2) is 0 Å². The van der Waals surface area contributed by atoms with Gasteiger partial charge in [0, 0.05) is 16.6 Å². The number of carbonyl (C=O) groups excluding carboxylic acids is 1. The Morgan fingerprint density at radius 1 is 1.29 bits per heavy atom. The fourth-order valence-corrected chi connectivity index (χ4v) is 3.05. The Hall–Kier alpha value is -1.81. The second kappa shape index (κ2) is 5.90. The van der Waals surface area contributed by atoms with Crippen molar-refractivity contribution in [3.8, 4) is 0 Å². The second-order valence-electron chi connectivity index (χ2n) is 5.34. The lowest BCUT2D eigenvalue weighted by Gasteiger charge is -2.18. The number of hydrogen-bond acceptors (Lipinski definition) is 2. The highest BCUT2D eigenvalue weighted by atomic mass is 79.9. The zero-order chi connectivity index (χ0) is 14.8. The first kappa shape index (κ1) is 14.1. The van der Waals surface area contributed by atoms with Gasteiger partial charge in [0.15, 0.2) is 0 Å². The molecule has 0 spiro atoms. The molecular formula is C17H17BrN2O. The van der Waals surface area contributed by atoms with Gasteiger partial charge in [-0.3, -0.25) is 4.79 Å². The van der Waals surface area contributed by atoms with Crippen LogP contribution in [0.3, 0.4) is 0 Å². The summed E-state index contributed by atoms with van der Waals surface area (Å²) in [6.45, 7) is 2.00. The van der Waals surface area contributed by atoms with Gasteiger partial charge in [-0.2, -0.15) is 0 Å². The van der Waals surface area contributed by atoms with Crippen molar-refractivity contribution in [1.82, 2.24) is 5.32 Å². The highest BCUT2D eigenvalue weighted by Crippen LogP contribution is 2.26. The Kier molecular flexibility index (Phi) is 3.97. The molecule has 0 aliphatic carbocycles. The Morgan fingerprint density at radius 3 is 2.86 bits per heavy atom. The van der Waals surface area contributed by atoms with Crippen LogP contribution in [-0.2, 0) is 11.2 Å². The van der Waals surface area contributed by atoms with Gasteiger partial charge in [-0.1, -0.05) is 46.3 Å². The quantitative estimate of drug-likeness (QED) is 0.891. The normalized spacial score (nSPS) is 17.7. The van der Waals surface area contributed by atoms with E-state index in [1.54, 1.807) is 0 Å². The first-order chi connectivity index (χ1) is 10.1. The molecule has 0 unspecified atom stereocenters. The van der Waals surface area contributed by atoms with Crippen LogP contribution < -0.4 is 10.6 Å².